The molecular formula is C25H28N2O3. The highest BCUT2D eigenvalue weighted by Gasteiger charge is 2.57. The van der Waals surface area contributed by atoms with E-state index in [1.165, 1.54) is 11.3 Å². The van der Waals surface area contributed by atoms with Gasteiger partial charge in [0.15, 0.2) is 11.5 Å². The first-order valence-corrected chi connectivity index (χ1v) is 10.2. The summed E-state index contributed by atoms with van der Waals surface area (Å²) in [6.07, 6.45) is 6.35. The summed E-state index contributed by atoms with van der Waals surface area (Å²) in [7, 11) is 1.63. The van der Waals surface area contributed by atoms with Gasteiger partial charge >= 0.3 is 0 Å². The third kappa shape index (κ3) is 3.05. The van der Waals surface area contributed by atoms with Crippen LogP contribution in [0.3, 0.4) is 0 Å². The number of benzene rings is 2. The maximum Gasteiger partial charge on any atom is 0.223 e. The van der Waals surface area contributed by atoms with Crippen molar-refractivity contribution in [3.8, 4) is 11.5 Å². The summed E-state index contributed by atoms with van der Waals surface area (Å²) in [6.45, 7) is 9.17. The third-order valence-corrected chi connectivity index (χ3v) is 6.20. The molecule has 2 aliphatic heterocycles. The molecule has 5 nitrogen and oxygen atoms in total. The average molecular weight is 405 g/mol. The summed E-state index contributed by atoms with van der Waals surface area (Å²) in [4.78, 5) is 14.8. The van der Waals surface area contributed by atoms with Gasteiger partial charge in [-0.15, -0.1) is 0 Å². The Morgan fingerprint density at radius 3 is 2.77 bits per heavy atom. The highest BCUT2D eigenvalue weighted by Crippen LogP contribution is 2.52. The van der Waals surface area contributed by atoms with Gasteiger partial charge in [0.1, 0.15) is 12.3 Å². The van der Waals surface area contributed by atoms with Gasteiger partial charge in [0.05, 0.1) is 7.11 Å². The van der Waals surface area contributed by atoms with Gasteiger partial charge in [0, 0.05) is 24.1 Å². The summed E-state index contributed by atoms with van der Waals surface area (Å²) in [6, 6.07) is 14.2. The zero-order chi connectivity index (χ0) is 21.4. The number of hydrogen-bond donors (Lipinski definition) is 1. The van der Waals surface area contributed by atoms with Gasteiger partial charge in [-0.3, -0.25) is 4.79 Å². The Bertz CT molecular complexity index is 1010. The lowest BCUT2D eigenvalue weighted by Gasteiger charge is -2.49. The van der Waals surface area contributed by atoms with Crippen LogP contribution < -0.4 is 19.7 Å². The topological polar surface area (TPSA) is 50.8 Å². The molecule has 0 bridgehead atoms. The van der Waals surface area contributed by atoms with Crippen LogP contribution in [0.5, 0.6) is 11.5 Å². The predicted octanol–water partition coefficient (Wildman–Crippen LogP) is 4.29. The van der Waals surface area contributed by atoms with Gasteiger partial charge in [-0.25, -0.2) is 0 Å². The minimum atomic E-state index is -0.628. The van der Waals surface area contributed by atoms with E-state index in [0.29, 0.717) is 31.1 Å². The van der Waals surface area contributed by atoms with E-state index >= 15 is 0 Å². The molecule has 0 aromatic heterocycles. The highest BCUT2D eigenvalue weighted by molar-refractivity contribution is 5.84. The Balaban J connectivity index is 1.74. The standard InChI is InChI=1S/C25H28N2O3/c1-5-16-30-21-11-10-18(17-22(21)29-4)12-14-25-24(2,3)19-8-6-7-9-20(19)27(25)15-13-23(28)26-25/h5-12,14,17H,1,13,15-16H2,2-4H3,(H,26,28)/b14-12+/t25-/m0/s1. The summed E-state index contributed by atoms with van der Waals surface area (Å²) in [5.74, 6) is 1.41. The first-order chi connectivity index (χ1) is 14.4. The van der Waals surface area contributed by atoms with Gasteiger partial charge in [0.25, 0.3) is 0 Å². The zero-order valence-electron chi connectivity index (χ0n) is 17.8. The van der Waals surface area contributed by atoms with Crippen LogP contribution in [0.4, 0.5) is 5.69 Å². The Kier molecular flexibility index (Phi) is 5.06. The molecule has 2 aromatic rings. The molecule has 0 unspecified atom stereocenters. The number of rotatable bonds is 6. The van der Waals surface area contributed by atoms with Crippen molar-refractivity contribution in [2.24, 2.45) is 0 Å². The van der Waals surface area contributed by atoms with Crippen LogP contribution in [-0.4, -0.2) is 31.8 Å². The van der Waals surface area contributed by atoms with Crippen LogP contribution in [0.25, 0.3) is 6.08 Å². The van der Waals surface area contributed by atoms with E-state index in [2.05, 4.69) is 61.0 Å². The summed E-state index contributed by atoms with van der Waals surface area (Å²) in [5, 5.41) is 3.30. The average Bonchev–Trinajstić information content (AvgIpc) is 2.95. The summed E-state index contributed by atoms with van der Waals surface area (Å²) >= 11 is 0. The van der Waals surface area contributed by atoms with Gasteiger partial charge < -0.3 is 19.7 Å². The zero-order valence-corrected chi connectivity index (χ0v) is 17.8. The molecule has 5 heteroatoms. The molecule has 2 aliphatic rings. The van der Waals surface area contributed by atoms with Crippen molar-refractivity contribution < 1.29 is 14.3 Å². The molecule has 4 rings (SSSR count). The monoisotopic (exact) mass is 404 g/mol. The molecule has 0 radical (unpaired) electrons. The van der Waals surface area contributed by atoms with Crippen molar-refractivity contribution in [3.05, 3.63) is 72.3 Å². The van der Waals surface area contributed by atoms with Crippen LogP contribution in [0.2, 0.25) is 0 Å². The van der Waals surface area contributed by atoms with Crippen molar-refractivity contribution in [2.75, 3.05) is 25.2 Å². The van der Waals surface area contributed by atoms with E-state index in [-0.39, 0.29) is 11.3 Å². The number of methoxy groups -OCH3 is 1. The SMILES string of the molecule is C=CCOc1ccc(/C=C/[C@]23NC(=O)CCN2c2ccccc2C3(C)C)cc1OC. The summed E-state index contributed by atoms with van der Waals surface area (Å²) < 4.78 is 11.1. The van der Waals surface area contributed by atoms with E-state index in [1.807, 2.05) is 24.3 Å². The van der Waals surface area contributed by atoms with E-state index in [9.17, 15) is 4.79 Å². The molecule has 1 fully saturated rings. The predicted molar refractivity (Wildman–Crippen MR) is 120 cm³/mol. The fraction of sp³-hybridized carbons (Fsp3) is 0.320. The van der Waals surface area contributed by atoms with E-state index < -0.39 is 5.66 Å². The third-order valence-electron chi connectivity index (χ3n) is 6.20. The van der Waals surface area contributed by atoms with Crippen LogP contribution >= 0.6 is 0 Å². The highest BCUT2D eigenvalue weighted by atomic mass is 16.5. The van der Waals surface area contributed by atoms with Gasteiger partial charge in [0.2, 0.25) is 5.91 Å². The smallest absolute Gasteiger partial charge is 0.223 e. The molecule has 2 aromatic carbocycles. The van der Waals surface area contributed by atoms with Crippen molar-refractivity contribution in [2.45, 2.75) is 31.3 Å². The van der Waals surface area contributed by atoms with Gasteiger partial charge in [-0.2, -0.15) is 0 Å². The number of para-hydroxylation sites is 1. The fourth-order valence-corrected chi connectivity index (χ4v) is 4.59. The molecule has 1 N–H and O–H groups in total. The lowest BCUT2D eigenvalue weighted by Crippen LogP contribution is -2.68. The molecule has 1 amide bonds. The minimum absolute atomic E-state index is 0.0718. The second-order valence-electron chi connectivity index (χ2n) is 8.20. The first kappa shape index (κ1) is 20.1. The number of carbonyl (C=O) groups is 1. The number of fused-ring (bicyclic) bond motifs is 3. The molecule has 156 valence electrons. The number of hydrogen-bond acceptors (Lipinski definition) is 4. The normalized spacial score (nSPS) is 21.7. The molecular weight excluding hydrogens is 376 g/mol. The molecule has 2 heterocycles. The number of ether oxygens (including phenoxy) is 2. The fourth-order valence-electron chi connectivity index (χ4n) is 4.59. The Morgan fingerprint density at radius 1 is 1.20 bits per heavy atom. The van der Waals surface area contributed by atoms with Crippen molar-refractivity contribution in [1.82, 2.24) is 5.32 Å². The van der Waals surface area contributed by atoms with Crippen molar-refractivity contribution >= 4 is 17.7 Å². The number of amides is 1. The molecule has 1 saturated heterocycles. The quantitative estimate of drug-likeness (QED) is 0.730. The Labute approximate surface area is 178 Å². The lowest BCUT2D eigenvalue weighted by molar-refractivity contribution is -0.124. The second kappa shape index (κ2) is 7.56. The number of nitrogens with one attached hydrogen (secondary N) is 1. The van der Waals surface area contributed by atoms with Crippen LogP contribution in [0, 0.1) is 0 Å². The second-order valence-corrected chi connectivity index (χ2v) is 8.20. The van der Waals surface area contributed by atoms with E-state index in [1.54, 1.807) is 13.2 Å². The summed E-state index contributed by atoms with van der Waals surface area (Å²) in [5.41, 5.74) is 2.46. The first-order valence-electron chi connectivity index (χ1n) is 10.2. The molecule has 0 saturated carbocycles. The number of nitrogens with zero attached hydrogens (tertiary/aromatic N) is 1. The number of anilines is 1. The van der Waals surface area contributed by atoms with Crippen molar-refractivity contribution in [1.29, 1.82) is 0 Å². The van der Waals surface area contributed by atoms with Gasteiger partial charge in [-0.05, 0) is 35.4 Å². The maximum atomic E-state index is 12.5. The molecule has 0 aliphatic carbocycles. The molecule has 1 atom stereocenters. The van der Waals surface area contributed by atoms with Crippen LogP contribution in [-0.2, 0) is 10.2 Å². The van der Waals surface area contributed by atoms with Gasteiger partial charge in [-0.1, -0.05) is 56.8 Å². The molecule has 0 spiro atoms. The molecule has 30 heavy (non-hydrogen) atoms. The lowest BCUT2D eigenvalue weighted by atomic mass is 9.74. The van der Waals surface area contributed by atoms with E-state index in [4.69, 9.17) is 9.47 Å². The van der Waals surface area contributed by atoms with Crippen LogP contribution in [0.15, 0.2) is 61.2 Å². The Morgan fingerprint density at radius 2 is 2.00 bits per heavy atom. The van der Waals surface area contributed by atoms with Crippen molar-refractivity contribution in [3.63, 3.8) is 0 Å². The minimum Gasteiger partial charge on any atom is -0.493 e. The largest absolute Gasteiger partial charge is 0.493 e. The van der Waals surface area contributed by atoms with Crippen LogP contribution in [0.1, 0.15) is 31.4 Å². The Hall–Kier alpha value is -3.21. The number of carbonyl (C=O) groups excluding carboxylic acids is 1. The maximum absolute atomic E-state index is 12.5. The van der Waals surface area contributed by atoms with E-state index in [0.717, 1.165) is 5.56 Å².